The summed E-state index contributed by atoms with van der Waals surface area (Å²) in [6.07, 6.45) is 2.02. The van der Waals surface area contributed by atoms with Crippen LogP contribution in [0.5, 0.6) is 0 Å². The van der Waals surface area contributed by atoms with Crippen molar-refractivity contribution in [1.82, 2.24) is 4.90 Å². The van der Waals surface area contributed by atoms with Gasteiger partial charge in [0, 0.05) is 18.7 Å². The maximum absolute atomic E-state index is 13.1. The lowest BCUT2D eigenvalue weighted by Crippen LogP contribution is -2.23. The highest BCUT2D eigenvalue weighted by Gasteiger charge is 2.37. The molecule has 120 valence electrons. The van der Waals surface area contributed by atoms with Crippen LogP contribution in [0.3, 0.4) is 0 Å². The van der Waals surface area contributed by atoms with Crippen LogP contribution < -0.4 is 5.01 Å². The molecule has 2 aliphatic heterocycles. The molecule has 24 heavy (non-hydrogen) atoms. The second-order valence-corrected chi connectivity index (χ2v) is 6.43. The van der Waals surface area contributed by atoms with Crippen LogP contribution in [0.4, 0.5) is 5.69 Å². The quantitative estimate of drug-likeness (QED) is 0.635. The number of anilines is 1. The number of rotatable bonds is 4. The molecule has 0 N–H and O–H groups in total. The summed E-state index contributed by atoms with van der Waals surface area (Å²) in [6.45, 7) is 2.00. The van der Waals surface area contributed by atoms with Crippen molar-refractivity contribution in [3.05, 3.63) is 76.8 Å². The van der Waals surface area contributed by atoms with Gasteiger partial charge in [0.1, 0.15) is 5.71 Å². The van der Waals surface area contributed by atoms with Crippen molar-refractivity contribution in [2.75, 3.05) is 24.4 Å². The molecule has 0 bridgehead atoms. The number of benzene rings is 2. The molecule has 0 saturated carbocycles. The van der Waals surface area contributed by atoms with Crippen LogP contribution >= 0.6 is 11.8 Å². The highest BCUT2D eigenvalue weighted by atomic mass is 32.2. The van der Waals surface area contributed by atoms with Crippen molar-refractivity contribution < 1.29 is 4.79 Å². The van der Waals surface area contributed by atoms with E-state index in [9.17, 15) is 4.79 Å². The van der Waals surface area contributed by atoms with E-state index in [0.29, 0.717) is 5.57 Å². The van der Waals surface area contributed by atoms with Crippen molar-refractivity contribution >= 4 is 29.1 Å². The number of para-hydroxylation sites is 1. The fourth-order valence-electron chi connectivity index (χ4n) is 2.78. The molecule has 4 nitrogen and oxygen atoms in total. The van der Waals surface area contributed by atoms with Gasteiger partial charge in [0.15, 0.2) is 0 Å². The Hall–Kier alpha value is -2.53. The van der Waals surface area contributed by atoms with Crippen LogP contribution in [-0.4, -0.2) is 35.9 Å². The van der Waals surface area contributed by atoms with Gasteiger partial charge in [0.05, 0.1) is 16.3 Å². The monoisotopic (exact) mass is 335 g/mol. The van der Waals surface area contributed by atoms with Crippen LogP contribution in [0.1, 0.15) is 5.56 Å². The van der Waals surface area contributed by atoms with Gasteiger partial charge in [0.2, 0.25) is 0 Å². The zero-order valence-electron chi connectivity index (χ0n) is 13.3. The first-order valence-electron chi connectivity index (χ1n) is 7.86. The number of amides is 1. The lowest BCUT2D eigenvalue weighted by atomic mass is 10.0. The molecular weight excluding hydrogens is 318 g/mol. The Balaban J connectivity index is 1.86. The molecule has 1 fully saturated rings. The molecule has 0 radical (unpaired) electrons. The van der Waals surface area contributed by atoms with E-state index in [4.69, 9.17) is 0 Å². The molecule has 2 heterocycles. The second kappa shape index (κ2) is 6.17. The average Bonchev–Trinajstić information content (AvgIpc) is 3.42. The number of hydrogen-bond acceptors (Lipinski definition) is 4. The molecule has 0 unspecified atom stereocenters. The Labute approximate surface area is 145 Å². The summed E-state index contributed by atoms with van der Waals surface area (Å²) in [4.78, 5) is 15.3. The fourth-order valence-corrected chi connectivity index (χ4v) is 3.61. The molecule has 1 amide bonds. The van der Waals surface area contributed by atoms with E-state index in [0.717, 1.165) is 35.1 Å². The molecule has 4 rings (SSSR count). The molecule has 0 aliphatic carbocycles. The molecule has 1 saturated heterocycles. The van der Waals surface area contributed by atoms with Gasteiger partial charge in [-0.15, -0.1) is 11.8 Å². The summed E-state index contributed by atoms with van der Waals surface area (Å²) in [7, 11) is 0. The van der Waals surface area contributed by atoms with Crippen LogP contribution in [0.25, 0.3) is 0 Å². The Kier molecular flexibility index (Phi) is 3.86. The highest BCUT2D eigenvalue weighted by Crippen LogP contribution is 2.34. The Morgan fingerprint density at radius 3 is 2.21 bits per heavy atom. The van der Waals surface area contributed by atoms with Crippen molar-refractivity contribution in [3.63, 3.8) is 0 Å². The van der Waals surface area contributed by atoms with E-state index >= 15 is 0 Å². The Morgan fingerprint density at radius 1 is 1.00 bits per heavy atom. The SMILES string of the molecule is CS/C(=C1/C(=O)N(c2ccccc2)N=C1c1ccccc1)N1CC1. The predicted molar refractivity (Wildman–Crippen MR) is 99.0 cm³/mol. The lowest BCUT2D eigenvalue weighted by Gasteiger charge is -2.13. The van der Waals surface area contributed by atoms with Crippen molar-refractivity contribution in [3.8, 4) is 0 Å². The van der Waals surface area contributed by atoms with Gasteiger partial charge in [-0.1, -0.05) is 48.5 Å². The van der Waals surface area contributed by atoms with Gasteiger partial charge < -0.3 is 4.90 Å². The van der Waals surface area contributed by atoms with Gasteiger partial charge in [-0.2, -0.15) is 10.1 Å². The van der Waals surface area contributed by atoms with Gasteiger partial charge >= 0.3 is 0 Å². The minimum atomic E-state index is -0.0590. The van der Waals surface area contributed by atoms with Crippen molar-refractivity contribution in [1.29, 1.82) is 0 Å². The summed E-state index contributed by atoms with van der Waals surface area (Å²) in [5, 5.41) is 7.20. The van der Waals surface area contributed by atoms with E-state index in [1.54, 1.807) is 11.8 Å². The third-order valence-corrected chi connectivity index (χ3v) is 4.88. The zero-order chi connectivity index (χ0) is 16.5. The van der Waals surface area contributed by atoms with E-state index in [1.165, 1.54) is 5.01 Å². The van der Waals surface area contributed by atoms with E-state index in [2.05, 4.69) is 10.0 Å². The first-order chi connectivity index (χ1) is 11.8. The number of carbonyl (C=O) groups excluding carboxylic acids is 1. The Bertz CT molecular complexity index is 826. The van der Waals surface area contributed by atoms with Gasteiger partial charge in [-0.3, -0.25) is 4.79 Å². The summed E-state index contributed by atoms with van der Waals surface area (Å²) >= 11 is 1.61. The van der Waals surface area contributed by atoms with E-state index in [1.807, 2.05) is 66.9 Å². The average molecular weight is 335 g/mol. The molecule has 0 atom stereocenters. The predicted octanol–water partition coefficient (Wildman–Crippen LogP) is 3.33. The maximum atomic E-state index is 13.1. The number of carbonyl (C=O) groups is 1. The topological polar surface area (TPSA) is 35.7 Å². The van der Waals surface area contributed by atoms with Crippen LogP contribution in [0, 0.1) is 0 Å². The van der Waals surface area contributed by atoms with E-state index in [-0.39, 0.29) is 5.91 Å². The normalized spacial score (nSPS) is 18.7. The number of hydrogen-bond donors (Lipinski definition) is 0. The van der Waals surface area contributed by atoms with E-state index < -0.39 is 0 Å². The fraction of sp³-hybridized carbons (Fsp3) is 0.158. The molecule has 2 aliphatic rings. The van der Waals surface area contributed by atoms with Crippen LogP contribution in [0.15, 0.2) is 76.4 Å². The first-order valence-corrected chi connectivity index (χ1v) is 9.09. The summed E-state index contributed by atoms with van der Waals surface area (Å²) in [5.74, 6) is -0.0590. The summed E-state index contributed by atoms with van der Waals surface area (Å²) in [5.41, 5.74) is 3.21. The number of hydrazone groups is 1. The van der Waals surface area contributed by atoms with Crippen molar-refractivity contribution in [2.45, 2.75) is 0 Å². The molecule has 0 spiro atoms. The zero-order valence-corrected chi connectivity index (χ0v) is 14.2. The van der Waals surface area contributed by atoms with Gasteiger partial charge in [-0.05, 0) is 18.4 Å². The molecule has 5 heteroatoms. The molecule has 0 aromatic heterocycles. The first kappa shape index (κ1) is 15.0. The maximum Gasteiger partial charge on any atom is 0.283 e. The van der Waals surface area contributed by atoms with Crippen molar-refractivity contribution in [2.24, 2.45) is 5.10 Å². The second-order valence-electron chi connectivity index (χ2n) is 5.64. The largest absolute Gasteiger partial charge is 0.362 e. The van der Waals surface area contributed by atoms with Crippen LogP contribution in [0.2, 0.25) is 0 Å². The molecule has 2 aromatic rings. The minimum absolute atomic E-state index is 0.0590. The third-order valence-electron chi connectivity index (χ3n) is 4.03. The summed E-state index contributed by atoms with van der Waals surface area (Å²) in [6, 6.07) is 19.5. The lowest BCUT2D eigenvalue weighted by molar-refractivity contribution is -0.114. The molecule has 2 aromatic carbocycles. The summed E-state index contributed by atoms with van der Waals surface area (Å²) < 4.78 is 0. The standard InChI is InChI=1S/C19H17N3OS/c1-24-19(21-12-13-21)16-17(14-8-4-2-5-9-14)20-22(18(16)23)15-10-6-3-7-11-15/h2-11H,12-13H2,1H3/b19-16+. The third kappa shape index (κ3) is 2.61. The number of nitrogens with zero attached hydrogens (tertiary/aromatic N) is 3. The number of thioether (sulfide) groups is 1. The van der Waals surface area contributed by atoms with Crippen LogP contribution in [-0.2, 0) is 4.79 Å². The molecular formula is C19H17N3OS. The highest BCUT2D eigenvalue weighted by molar-refractivity contribution is 8.02. The Morgan fingerprint density at radius 2 is 1.62 bits per heavy atom. The van der Waals surface area contributed by atoms with Gasteiger partial charge in [0.25, 0.3) is 5.91 Å². The smallest absolute Gasteiger partial charge is 0.283 e. The van der Waals surface area contributed by atoms with Gasteiger partial charge in [-0.25, -0.2) is 0 Å². The minimum Gasteiger partial charge on any atom is -0.362 e.